The number of hydrogen-bond donors (Lipinski definition) is 7. The van der Waals surface area contributed by atoms with E-state index in [0.717, 1.165) is 18.4 Å². The van der Waals surface area contributed by atoms with E-state index in [9.17, 15) is 50.1 Å². The molecule has 13 heteroatoms. The van der Waals surface area contributed by atoms with E-state index < -0.39 is 66.3 Å². The first-order chi connectivity index (χ1) is 17.5. The fraction of sp³-hybridized carbons (Fsp3) is 0.292. The molecule has 4 rings (SSSR count). The molecule has 0 aliphatic carbocycles. The van der Waals surface area contributed by atoms with Crippen LogP contribution in [-0.4, -0.2) is 85.0 Å². The molecule has 2 heterocycles. The number of aliphatic carboxylic acids is 1. The van der Waals surface area contributed by atoms with Crippen molar-refractivity contribution in [3.05, 3.63) is 58.4 Å². The van der Waals surface area contributed by atoms with Crippen molar-refractivity contribution >= 4 is 22.9 Å². The Morgan fingerprint density at radius 1 is 0.973 bits per heavy atom. The number of phenols is 2. The van der Waals surface area contributed by atoms with E-state index in [2.05, 4.69) is 0 Å². The van der Waals surface area contributed by atoms with Gasteiger partial charge in [-0.05, 0) is 35.4 Å². The van der Waals surface area contributed by atoms with E-state index in [4.69, 9.17) is 13.9 Å². The number of hydrogen-bond acceptors (Lipinski definition) is 12. The summed E-state index contributed by atoms with van der Waals surface area (Å²) < 4.78 is 15.3. The quantitative estimate of drug-likeness (QED) is 0.160. The molecule has 0 radical (unpaired) electrons. The van der Waals surface area contributed by atoms with Gasteiger partial charge in [0.1, 0.15) is 59.8 Å². The molecule has 2 aromatic carbocycles. The standard InChI is InChI=1S/C24H22O13/c25-11-3-1-9(2-4-11)12-7-35-14-6-10(5-13(26)17(14)18(12)27)16(22(31)32)23(33)36-8-15-19(28)20(29)21(30)24(34)37-15/h1-7,15-16,19-21,24-26,28-30,34H,8H2,(H,31,32)/t15-,16?,19-,20+,21-,24-/m1/s1. The number of carboxylic acid groups (broad SMARTS) is 1. The van der Waals surface area contributed by atoms with Crippen LogP contribution in [0.4, 0.5) is 0 Å². The van der Waals surface area contributed by atoms with Gasteiger partial charge in [0, 0.05) is 0 Å². The second-order valence-electron chi connectivity index (χ2n) is 8.38. The van der Waals surface area contributed by atoms with Crippen molar-refractivity contribution in [1.82, 2.24) is 0 Å². The molecule has 0 spiro atoms. The molecular weight excluding hydrogens is 496 g/mol. The van der Waals surface area contributed by atoms with Gasteiger partial charge in [-0.1, -0.05) is 12.1 Å². The molecule has 13 nitrogen and oxygen atoms in total. The second-order valence-corrected chi connectivity index (χ2v) is 8.38. The van der Waals surface area contributed by atoms with Gasteiger partial charge < -0.3 is 49.6 Å². The van der Waals surface area contributed by atoms with Gasteiger partial charge in [0.2, 0.25) is 5.43 Å². The third-order valence-electron chi connectivity index (χ3n) is 5.95. The lowest BCUT2D eigenvalue weighted by Crippen LogP contribution is -2.58. The Morgan fingerprint density at radius 3 is 2.30 bits per heavy atom. The van der Waals surface area contributed by atoms with E-state index in [-0.39, 0.29) is 27.8 Å². The molecule has 3 aromatic rings. The third kappa shape index (κ3) is 4.98. The molecule has 0 bridgehead atoms. The summed E-state index contributed by atoms with van der Waals surface area (Å²) in [5.41, 5.74) is -0.700. The van der Waals surface area contributed by atoms with Crippen LogP contribution in [0, 0.1) is 0 Å². The number of fused-ring (bicyclic) bond motifs is 1. The summed E-state index contributed by atoms with van der Waals surface area (Å²) in [7, 11) is 0. The molecule has 1 aliphatic rings. The van der Waals surface area contributed by atoms with Crippen molar-refractivity contribution in [2.75, 3.05) is 6.61 Å². The van der Waals surface area contributed by atoms with Crippen molar-refractivity contribution in [3.63, 3.8) is 0 Å². The van der Waals surface area contributed by atoms with Crippen LogP contribution in [0.2, 0.25) is 0 Å². The van der Waals surface area contributed by atoms with Crippen LogP contribution in [-0.2, 0) is 19.1 Å². The summed E-state index contributed by atoms with van der Waals surface area (Å²) in [6.07, 6.45) is -7.65. The number of benzene rings is 2. The number of rotatable bonds is 6. The zero-order valence-corrected chi connectivity index (χ0v) is 18.8. The number of aliphatic hydroxyl groups is 4. The Hall–Kier alpha value is -4.01. The number of ether oxygens (including phenoxy) is 2. The number of aliphatic hydroxyl groups excluding tert-OH is 4. The Bertz CT molecular complexity index is 1380. The molecule has 6 atom stereocenters. The normalized spacial score (nSPS) is 24.5. The lowest BCUT2D eigenvalue weighted by Gasteiger charge is -2.37. The van der Waals surface area contributed by atoms with Crippen molar-refractivity contribution in [2.45, 2.75) is 36.6 Å². The minimum absolute atomic E-state index is 0.0254. The van der Waals surface area contributed by atoms with Gasteiger partial charge in [-0.15, -0.1) is 0 Å². The summed E-state index contributed by atoms with van der Waals surface area (Å²) in [5, 5.41) is 68.1. The molecule has 1 unspecified atom stereocenters. The molecule has 1 saturated heterocycles. The van der Waals surface area contributed by atoms with Gasteiger partial charge in [0.25, 0.3) is 0 Å². The molecule has 1 fully saturated rings. The fourth-order valence-corrected chi connectivity index (χ4v) is 3.96. The van der Waals surface area contributed by atoms with Crippen molar-refractivity contribution in [1.29, 1.82) is 0 Å². The Balaban J connectivity index is 1.61. The predicted octanol–water partition coefficient (Wildman–Crippen LogP) is -0.617. The van der Waals surface area contributed by atoms with Crippen LogP contribution in [0.5, 0.6) is 11.5 Å². The van der Waals surface area contributed by atoms with E-state index in [0.29, 0.717) is 5.56 Å². The number of carboxylic acids is 1. The van der Waals surface area contributed by atoms with Crippen molar-refractivity contribution in [2.24, 2.45) is 0 Å². The number of aromatic hydroxyl groups is 2. The first-order valence-corrected chi connectivity index (χ1v) is 10.8. The van der Waals surface area contributed by atoms with Crippen LogP contribution < -0.4 is 5.43 Å². The fourth-order valence-electron chi connectivity index (χ4n) is 3.96. The number of esters is 1. The van der Waals surface area contributed by atoms with Crippen molar-refractivity contribution in [3.8, 4) is 22.6 Å². The molecule has 1 aliphatic heterocycles. The van der Waals surface area contributed by atoms with Gasteiger partial charge in [-0.2, -0.15) is 0 Å². The second kappa shape index (κ2) is 10.2. The molecule has 196 valence electrons. The van der Waals surface area contributed by atoms with E-state index in [1.807, 2.05) is 0 Å². The molecule has 1 aromatic heterocycles. The van der Waals surface area contributed by atoms with E-state index in [1.165, 1.54) is 24.3 Å². The van der Waals surface area contributed by atoms with Gasteiger partial charge in [0.05, 0.1) is 5.56 Å². The largest absolute Gasteiger partial charge is 0.508 e. The number of phenolic OH excluding ortho intramolecular Hbond substituents is 2. The SMILES string of the molecule is O=C(O)C(C(=O)OC[C@H]1O[C@@H](O)[C@H](O)[C@@H](O)[C@@H]1O)c1cc(O)c2c(=O)c(-c3ccc(O)cc3)coc2c1. The third-order valence-corrected chi connectivity index (χ3v) is 5.95. The maximum Gasteiger partial charge on any atom is 0.324 e. The first-order valence-electron chi connectivity index (χ1n) is 10.8. The molecule has 0 saturated carbocycles. The average Bonchev–Trinajstić information content (AvgIpc) is 2.84. The zero-order chi connectivity index (χ0) is 27.0. The predicted molar refractivity (Wildman–Crippen MR) is 121 cm³/mol. The smallest absolute Gasteiger partial charge is 0.324 e. The minimum Gasteiger partial charge on any atom is -0.508 e. The van der Waals surface area contributed by atoms with Crippen molar-refractivity contribution < 1.29 is 59.2 Å². The minimum atomic E-state index is -2.00. The molecule has 37 heavy (non-hydrogen) atoms. The Labute approximate surface area is 207 Å². The van der Waals surface area contributed by atoms with Crippen LogP contribution in [0.3, 0.4) is 0 Å². The highest BCUT2D eigenvalue weighted by Crippen LogP contribution is 2.31. The van der Waals surface area contributed by atoms with Gasteiger partial charge in [0.15, 0.2) is 12.2 Å². The highest BCUT2D eigenvalue weighted by atomic mass is 16.7. The summed E-state index contributed by atoms with van der Waals surface area (Å²) in [5.74, 6) is -5.71. The van der Waals surface area contributed by atoms with Gasteiger partial charge in [-0.25, -0.2) is 0 Å². The van der Waals surface area contributed by atoms with Crippen LogP contribution in [0.1, 0.15) is 11.5 Å². The number of carbonyl (C=O) groups is 2. The monoisotopic (exact) mass is 518 g/mol. The first kappa shape index (κ1) is 26.1. The topological polar surface area (TPSA) is 224 Å². The highest BCUT2D eigenvalue weighted by Gasteiger charge is 2.44. The molecule has 0 amide bonds. The summed E-state index contributed by atoms with van der Waals surface area (Å²) in [6, 6.07) is 7.60. The summed E-state index contributed by atoms with van der Waals surface area (Å²) in [4.78, 5) is 37.5. The zero-order valence-electron chi connectivity index (χ0n) is 18.8. The lowest BCUT2D eigenvalue weighted by molar-refractivity contribution is -0.287. The Kier molecular flexibility index (Phi) is 7.16. The molecular formula is C24H22O13. The lowest BCUT2D eigenvalue weighted by atomic mass is 9.96. The summed E-state index contributed by atoms with van der Waals surface area (Å²) >= 11 is 0. The van der Waals surface area contributed by atoms with Crippen LogP contribution in [0.25, 0.3) is 22.1 Å². The van der Waals surface area contributed by atoms with Gasteiger partial charge >= 0.3 is 11.9 Å². The van der Waals surface area contributed by atoms with E-state index in [1.54, 1.807) is 0 Å². The van der Waals surface area contributed by atoms with Crippen LogP contribution >= 0.6 is 0 Å². The van der Waals surface area contributed by atoms with Crippen LogP contribution in [0.15, 0.2) is 51.9 Å². The average molecular weight is 518 g/mol. The van der Waals surface area contributed by atoms with Gasteiger partial charge in [-0.3, -0.25) is 14.4 Å². The highest BCUT2D eigenvalue weighted by molar-refractivity contribution is 6.01. The molecule has 7 N–H and O–H groups in total. The maximum atomic E-state index is 13.0. The van der Waals surface area contributed by atoms with E-state index >= 15 is 0 Å². The Morgan fingerprint density at radius 2 is 1.65 bits per heavy atom. The maximum absolute atomic E-state index is 13.0. The number of carbonyl (C=O) groups excluding carboxylic acids is 1. The summed E-state index contributed by atoms with van der Waals surface area (Å²) in [6.45, 7) is -0.782.